The van der Waals surface area contributed by atoms with Crippen LogP contribution in [0.2, 0.25) is 0 Å². The molecular weight excluding hydrogens is 346 g/mol. The van der Waals surface area contributed by atoms with E-state index in [2.05, 4.69) is 4.90 Å². The summed E-state index contributed by atoms with van der Waals surface area (Å²) in [7, 11) is 4.07. The molecule has 0 fully saturated rings. The molecule has 0 atom stereocenters. The molecule has 0 unspecified atom stereocenters. The van der Waals surface area contributed by atoms with Crippen molar-refractivity contribution in [2.75, 3.05) is 33.0 Å². The summed E-state index contributed by atoms with van der Waals surface area (Å²) >= 11 is 1.59. The van der Waals surface area contributed by atoms with Crippen molar-refractivity contribution in [3.63, 3.8) is 0 Å². The van der Waals surface area contributed by atoms with Crippen LogP contribution in [-0.4, -0.2) is 47.5 Å². The minimum atomic E-state index is -0.0490. The molecule has 0 saturated carbocycles. The fraction of sp³-hybridized carbons (Fsp3) is 0.300. The van der Waals surface area contributed by atoms with Gasteiger partial charge < -0.3 is 9.64 Å². The predicted molar refractivity (Wildman–Crippen MR) is 108 cm³/mol. The highest BCUT2D eigenvalue weighted by molar-refractivity contribution is 7.99. The number of para-hydroxylation sites is 1. The van der Waals surface area contributed by atoms with E-state index in [4.69, 9.17) is 9.72 Å². The Morgan fingerprint density at radius 3 is 2.54 bits per heavy atom. The molecule has 1 heterocycles. The maximum absolute atomic E-state index is 13.1. The van der Waals surface area contributed by atoms with Gasteiger partial charge in [0.25, 0.3) is 5.56 Å². The highest BCUT2D eigenvalue weighted by atomic mass is 32.2. The molecule has 0 aliphatic heterocycles. The zero-order valence-electron chi connectivity index (χ0n) is 15.3. The quantitative estimate of drug-likeness (QED) is 0.472. The summed E-state index contributed by atoms with van der Waals surface area (Å²) in [5.74, 6) is 1.65. The summed E-state index contributed by atoms with van der Waals surface area (Å²) in [5, 5.41) is 1.33. The number of rotatable bonds is 7. The van der Waals surface area contributed by atoms with Gasteiger partial charge in [-0.2, -0.15) is 0 Å². The molecule has 3 rings (SSSR count). The molecule has 0 N–H and O–H groups in total. The first-order valence-electron chi connectivity index (χ1n) is 8.62. The first-order chi connectivity index (χ1) is 12.6. The Morgan fingerprint density at radius 1 is 1.12 bits per heavy atom. The van der Waals surface area contributed by atoms with E-state index in [1.54, 1.807) is 16.3 Å². The topological polar surface area (TPSA) is 47.4 Å². The van der Waals surface area contributed by atoms with Crippen LogP contribution in [0, 0.1) is 0 Å². The number of nitrogens with zero attached hydrogens (tertiary/aromatic N) is 3. The molecule has 26 heavy (non-hydrogen) atoms. The van der Waals surface area contributed by atoms with Crippen molar-refractivity contribution in [1.29, 1.82) is 0 Å². The van der Waals surface area contributed by atoms with E-state index in [1.165, 1.54) is 0 Å². The lowest BCUT2D eigenvalue weighted by atomic mass is 10.2. The number of fused-ring (bicyclic) bond motifs is 1. The van der Waals surface area contributed by atoms with Crippen molar-refractivity contribution in [2.45, 2.75) is 12.1 Å². The van der Waals surface area contributed by atoms with Gasteiger partial charge in [0.05, 0.1) is 23.2 Å². The largest absolute Gasteiger partial charge is 0.494 e. The van der Waals surface area contributed by atoms with Crippen LogP contribution in [0.25, 0.3) is 16.6 Å². The zero-order chi connectivity index (χ0) is 18.5. The first kappa shape index (κ1) is 18.5. The van der Waals surface area contributed by atoms with E-state index in [0.717, 1.165) is 29.3 Å². The van der Waals surface area contributed by atoms with Crippen molar-refractivity contribution in [3.8, 4) is 11.4 Å². The average molecular weight is 369 g/mol. The van der Waals surface area contributed by atoms with Crippen LogP contribution in [0.3, 0.4) is 0 Å². The summed E-state index contributed by atoms with van der Waals surface area (Å²) in [6, 6.07) is 15.1. The van der Waals surface area contributed by atoms with Gasteiger partial charge in [0.2, 0.25) is 0 Å². The fourth-order valence-corrected chi connectivity index (χ4v) is 3.73. The standard InChI is InChI=1S/C20H23N3O2S/c1-4-25-16-11-9-15(10-12-16)23-19(24)17-7-5-6-8-18(17)21-20(23)26-14-13-22(2)3/h5-12H,4,13-14H2,1-3H3. The summed E-state index contributed by atoms with van der Waals surface area (Å²) < 4.78 is 7.20. The predicted octanol–water partition coefficient (Wildman–Crippen LogP) is 3.44. The summed E-state index contributed by atoms with van der Waals surface area (Å²) in [6.07, 6.45) is 0. The van der Waals surface area contributed by atoms with Crippen LogP contribution in [0.4, 0.5) is 0 Å². The molecular formula is C20H23N3O2S. The second kappa shape index (κ2) is 8.38. The minimum absolute atomic E-state index is 0.0490. The van der Waals surface area contributed by atoms with Gasteiger partial charge in [-0.1, -0.05) is 23.9 Å². The van der Waals surface area contributed by atoms with Crippen molar-refractivity contribution >= 4 is 22.7 Å². The first-order valence-corrected chi connectivity index (χ1v) is 9.61. The van der Waals surface area contributed by atoms with Crippen LogP contribution in [0.5, 0.6) is 5.75 Å². The van der Waals surface area contributed by atoms with Gasteiger partial charge >= 0.3 is 0 Å². The van der Waals surface area contributed by atoms with Crippen molar-refractivity contribution in [2.24, 2.45) is 0 Å². The van der Waals surface area contributed by atoms with Crippen molar-refractivity contribution in [3.05, 3.63) is 58.9 Å². The van der Waals surface area contributed by atoms with Crippen LogP contribution < -0.4 is 10.3 Å². The number of ether oxygens (including phenoxy) is 1. The van der Waals surface area contributed by atoms with Gasteiger partial charge in [0.15, 0.2) is 5.16 Å². The average Bonchev–Trinajstić information content (AvgIpc) is 2.63. The second-order valence-electron chi connectivity index (χ2n) is 6.13. The Morgan fingerprint density at radius 2 is 1.85 bits per heavy atom. The molecule has 3 aromatic rings. The minimum Gasteiger partial charge on any atom is -0.494 e. The molecule has 0 aliphatic carbocycles. The van der Waals surface area contributed by atoms with Gasteiger partial charge in [0.1, 0.15) is 5.75 Å². The molecule has 6 heteroatoms. The Hall–Kier alpha value is -2.31. The summed E-state index contributed by atoms with van der Waals surface area (Å²) in [4.78, 5) is 20.0. The van der Waals surface area contributed by atoms with E-state index in [0.29, 0.717) is 17.1 Å². The third kappa shape index (κ3) is 4.08. The number of aromatic nitrogens is 2. The van der Waals surface area contributed by atoms with Crippen molar-refractivity contribution < 1.29 is 4.74 Å². The number of thioether (sulfide) groups is 1. The molecule has 136 valence electrons. The second-order valence-corrected chi connectivity index (χ2v) is 7.19. The monoisotopic (exact) mass is 369 g/mol. The Bertz CT molecular complexity index is 936. The van der Waals surface area contributed by atoms with Gasteiger partial charge in [-0.05, 0) is 57.4 Å². The molecule has 1 aromatic heterocycles. The van der Waals surface area contributed by atoms with E-state index >= 15 is 0 Å². The molecule has 2 aromatic carbocycles. The normalized spacial score (nSPS) is 11.2. The number of hydrogen-bond donors (Lipinski definition) is 0. The lowest BCUT2D eigenvalue weighted by molar-refractivity contribution is 0.340. The Balaban J connectivity index is 2.08. The van der Waals surface area contributed by atoms with Gasteiger partial charge in [-0.15, -0.1) is 0 Å². The maximum atomic E-state index is 13.1. The van der Waals surface area contributed by atoms with E-state index < -0.39 is 0 Å². The molecule has 0 aliphatic rings. The number of benzene rings is 2. The maximum Gasteiger partial charge on any atom is 0.266 e. The lowest BCUT2D eigenvalue weighted by Gasteiger charge is -2.15. The fourth-order valence-electron chi connectivity index (χ4n) is 2.61. The van der Waals surface area contributed by atoms with Gasteiger partial charge in [-0.3, -0.25) is 9.36 Å². The smallest absolute Gasteiger partial charge is 0.266 e. The molecule has 0 amide bonds. The van der Waals surface area contributed by atoms with Crippen LogP contribution in [-0.2, 0) is 0 Å². The molecule has 0 saturated heterocycles. The lowest BCUT2D eigenvalue weighted by Crippen LogP contribution is -2.22. The third-order valence-electron chi connectivity index (χ3n) is 3.92. The van der Waals surface area contributed by atoms with Crippen molar-refractivity contribution in [1.82, 2.24) is 14.5 Å². The molecule has 5 nitrogen and oxygen atoms in total. The molecule has 0 radical (unpaired) electrons. The molecule has 0 bridgehead atoms. The van der Waals surface area contributed by atoms with Gasteiger partial charge in [0, 0.05) is 12.3 Å². The third-order valence-corrected chi connectivity index (χ3v) is 4.84. The van der Waals surface area contributed by atoms with Crippen LogP contribution in [0.15, 0.2) is 58.5 Å². The Labute approximate surface area is 157 Å². The van der Waals surface area contributed by atoms with E-state index in [9.17, 15) is 4.79 Å². The SMILES string of the molecule is CCOc1ccc(-n2c(SCCN(C)C)nc3ccccc3c2=O)cc1. The van der Waals surface area contributed by atoms with E-state index in [1.807, 2.05) is 69.6 Å². The van der Waals surface area contributed by atoms with Crippen LogP contribution in [0.1, 0.15) is 6.92 Å². The molecule has 0 spiro atoms. The van der Waals surface area contributed by atoms with Crippen LogP contribution >= 0.6 is 11.8 Å². The highest BCUT2D eigenvalue weighted by Gasteiger charge is 2.13. The number of hydrogen-bond acceptors (Lipinski definition) is 5. The highest BCUT2D eigenvalue weighted by Crippen LogP contribution is 2.22. The zero-order valence-corrected chi connectivity index (χ0v) is 16.1. The van der Waals surface area contributed by atoms with E-state index in [-0.39, 0.29) is 5.56 Å². The summed E-state index contributed by atoms with van der Waals surface area (Å²) in [6.45, 7) is 3.48. The van der Waals surface area contributed by atoms with Gasteiger partial charge in [-0.25, -0.2) is 4.98 Å². The Kier molecular flexibility index (Phi) is 5.96. The summed E-state index contributed by atoms with van der Waals surface area (Å²) in [5.41, 5.74) is 1.48.